The molecule has 0 aromatic heterocycles. The molecule has 1 aromatic rings. The van der Waals surface area contributed by atoms with Crippen molar-refractivity contribution in [2.75, 3.05) is 26.4 Å². The molecular weight excluding hydrogens is 277 g/mol. The summed E-state index contributed by atoms with van der Waals surface area (Å²) < 4.78 is 50.3. The van der Waals surface area contributed by atoms with Crippen LogP contribution < -0.4 is 9.47 Å². The molecule has 0 bridgehead atoms. The summed E-state index contributed by atoms with van der Waals surface area (Å²) in [7, 11) is 0. The average molecular weight is 290 g/mol. The first kappa shape index (κ1) is 14.6. The van der Waals surface area contributed by atoms with Crippen LogP contribution in [0.5, 0.6) is 11.5 Å². The fourth-order valence-electron chi connectivity index (χ4n) is 1.70. The van der Waals surface area contributed by atoms with E-state index in [9.17, 15) is 18.0 Å². The lowest BCUT2D eigenvalue weighted by molar-refractivity contribution is -0.174. The SMILES string of the molecule is O=C1COc2cc(OCCCOCC(F)(F)F)ccc21. The van der Waals surface area contributed by atoms with Gasteiger partial charge in [-0.1, -0.05) is 0 Å². The van der Waals surface area contributed by atoms with Crippen molar-refractivity contribution in [1.82, 2.24) is 0 Å². The van der Waals surface area contributed by atoms with Gasteiger partial charge in [0, 0.05) is 12.5 Å². The van der Waals surface area contributed by atoms with Gasteiger partial charge in [-0.25, -0.2) is 0 Å². The quantitative estimate of drug-likeness (QED) is 0.755. The Morgan fingerprint density at radius 1 is 1.25 bits per heavy atom. The molecule has 4 nitrogen and oxygen atoms in total. The average Bonchev–Trinajstić information content (AvgIpc) is 2.74. The van der Waals surface area contributed by atoms with Crippen LogP contribution in [0.4, 0.5) is 13.2 Å². The maximum atomic E-state index is 11.8. The summed E-state index contributed by atoms with van der Waals surface area (Å²) in [5.41, 5.74) is 0.519. The molecule has 0 spiro atoms. The third-order valence-corrected chi connectivity index (χ3v) is 2.58. The van der Waals surface area contributed by atoms with Crippen molar-refractivity contribution in [3.05, 3.63) is 23.8 Å². The van der Waals surface area contributed by atoms with Gasteiger partial charge in [0.05, 0.1) is 18.8 Å². The number of hydrogen-bond donors (Lipinski definition) is 0. The molecule has 1 heterocycles. The van der Waals surface area contributed by atoms with E-state index in [-0.39, 0.29) is 25.6 Å². The van der Waals surface area contributed by atoms with E-state index in [4.69, 9.17) is 9.47 Å². The van der Waals surface area contributed by atoms with E-state index in [1.54, 1.807) is 18.2 Å². The molecule has 2 rings (SSSR count). The molecule has 110 valence electrons. The molecule has 0 unspecified atom stereocenters. The number of benzene rings is 1. The minimum Gasteiger partial charge on any atom is -0.493 e. The molecule has 1 aromatic carbocycles. The van der Waals surface area contributed by atoms with E-state index in [0.717, 1.165) is 0 Å². The van der Waals surface area contributed by atoms with Gasteiger partial charge in [0.15, 0.2) is 6.61 Å². The summed E-state index contributed by atoms with van der Waals surface area (Å²) in [5.74, 6) is 0.905. The first-order valence-electron chi connectivity index (χ1n) is 6.03. The van der Waals surface area contributed by atoms with E-state index < -0.39 is 12.8 Å². The van der Waals surface area contributed by atoms with E-state index in [0.29, 0.717) is 23.5 Å². The van der Waals surface area contributed by atoms with Crippen LogP contribution in [0.3, 0.4) is 0 Å². The van der Waals surface area contributed by atoms with Gasteiger partial charge in [0.2, 0.25) is 5.78 Å². The highest BCUT2D eigenvalue weighted by atomic mass is 19.4. The number of halogens is 3. The topological polar surface area (TPSA) is 44.8 Å². The number of ketones is 1. The van der Waals surface area contributed by atoms with Crippen LogP contribution in [0.25, 0.3) is 0 Å². The van der Waals surface area contributed by atoms with Crippen LogP contribution in [0.1, 0.15) is 16.8 Å². The normalized spacial score (nSPS) is 14.1. The van der Waals surface area contributed by atoms with Gasteiger partial charge in [-0.2, -0.15) is 13.2 Å². The number of rotatable bonds is 6. The summed E-state index contributed by atoms with van der Waals surface area (Å²) in [4.78, 5) is 11.3. The molecule has 0 N–H and O–H groups in total. The van der Waals surface area contributed by atoms with E-state index in [2.05, 4.69) is 4.74 Å². The first-order chi connectivity index (χ1) is 9.46. The molecule has 1 aliphatic heterocycles. The lowest BCUT2D eigenvalue weighted by Gasteiger charge is -2.09. The van der Waals surface area contributed by atoms with E-state index in [1.165, 1.54) is 0 Å². The van der Waals surface area contributed by atoms with Crippen molar-refractivity contribution in [2.24, 2.45) is 0 Å². The number of carbonyl (C=O) groups is 1. The summed E-state index contributed by atoms with van der Waals surface area (Å²) in [6.45, 7) is -1.02. The van der Waals surface area contributed by atoms with Crippen molar-refractivity contribution in [3.63, 3.8) is 0 Å². The fraction of sp³-hybridized carbons (Fsp3) is 0.462. The minimum atomic E-state index is -4.30. The fourth-order valence-corrected chi connectivity index (χ4v) is 1.70. The monoisotopic (exact) mass is 290 g/mol. The molecule has 0 aliphatic carbocycles. The Morgan fingerprint density at radius 2 is 2.05 bits per heavy atom. The molecule has 0 saturated heterocycles. The van der Waals surface area contributed by atoms with Crippen molar-refractivity contribution in [3.8, 4) is 11.5 Å². The summed E-state index contributed by atoms with van der Waals surface area (Å²) in [5, 5.41) is 0. The molecule has 7 heteroatoms. The second kappa shape index (κ2) is 6.13. The zero-order valence-corrected chi connectivity index (χ0v) is 10.5. The maximum absolute atomic E-state index is 11.8. The highest BCUT2D eigenvalue weighted by molar-refractivity contribution is 6.02. The minimum absolute atomic E-state index is 0.0283. The number of carbonyl (C=O) groups excluding carboxylic acids is 1. The first-order valence-corrected chi connectivity index (χ1v) is 6.03. The molecule has 0 radical (unpaired) electrons. The Balaban J connectivity index is 1.69. The maximum Gasteiger partial charge on any atom is 0.411 e. The van der Waals surface area contributed by atoms with Crippen LogP contribution in [-0.4, -0.2) is 38.4 Å². The third kappa shape index (κ3) is 4.12. The molecule has 1 aliphatic rings. The van der Waals surface area contributed by atoms with Gasteiger partial charge in [-0.15, -0.1) is 0 Å². The number of fused-ring (bicyclic) bond motifs is 1. The Hall–Kier alpha value is -1.76. The number of alkyl halides is 3. The molecule has 0 atom stereocenters. The largest absolute Gasteiger partial charge is 0.493 e. The van der Waals surface area contributed by atoms with Gasteiger partial charge in [0.25, 0.3) is 0 Å². The Morgan fingerprint density at radius 3 is 2.80 bits per heavy atom. The van der Waals surface area contributed by atoms with E-state index in [1.807, 2.05) is 0 Å². The van der Waals surface area contributed by atoms with Crippen LogP contribution in [0.15, 0.2) is 18.2 Å². The summed E-state index contributed by atoms with van der Waals surface area (Å²) in [6.07, 6.45) is -3.96. The highest BCUT2D eigenvalue weighted by Crippen LogP contribution is 2.29. The van der Waals surface area contributed by atoms with Crippen molar-refractivity contribution < 1.29 is 32.2 Å². The van der Waals surface area contributed by atoms with Gasteiger partial charge >= 0.3 is 6.18 Å². The van der Waals surface area contributed by atoms with Crippen LogP contribution in [0.2, 0.25) is 0 Å². The lowest BCUT2D eigenvalue weighted by Crippen LogP contribution is -2.18. The molecule has 0 amide bonds. The van der Waals surface area contributed by atoms with Gasteiger partial charge in [0.1, 0.15) is 18.1 Å². The predicted octanol–water partition coefficient (Wildman–Crippen LogP) is 2.61. The smallest absolute Gasteiger partial charge is 0.411 e. The Labute approximate surface area is 113 Å². The van der Waals surface area contributed by atoms with Crippen molar-refractivity contribution in [2.45, 2.75) is 12.6 Å². The van der Waals surface area contributed by atoms with Gasteiger partial charge in [-0.3, -0.25) is 4.79 Å². The van der Waals surface area contributed by atoms with Crippen LogP contribution >= 0.6 is 0 Å². The number of Topliss-reactive ketones (excluding diaryl/α,β-unsaturated/α-hetero) is 1. The van der Waals surface area contributed by atoms with Crippen molar-refractivity contribution >= 4 is 5.78 Å². The summed E-state index contributed by atoms with van der Waals surface area (Å²) in [6, 6.07) is 4.83. The third-order valence-electron chi connectivity index (χ3n) is 2.58. The second-order valence-corrected chi connectivity index (χ2v) is 4.24. The summed E-state index contributed by atoms with van der Waals surface area (Å²) >= 11 is 0. The standard InChI is InChI=1S/C13H13F3O4/c14-13(15,16)8-18-4-1-5-19-9-2-3-10-11(17)7-20-12(10)6-9/h2-3,6H,1,4-5,7-8H2. The van der Waals surface area contributed by atoms with Crippen molar-refractivity contribution in [1.29, 1.82) is 0 Å². The molecular formula is C13H13F3O4. The predicted molar refractivity (Wildman–Crippen MR) is 63.3 cm³/mol. The van der Waals surface area contributed by atoms with Crippen LogP contribution in [-0.2, 0) is 4.74 Å². The van der Waals surface area contributed by atoms with Crippen LogP contribution in [0, 0.1) is 0 Å². The van der Waals surface area contributed by atoms with Gasteiger partial charge in [-0.05, 0) is 12.1 Å². The van der Waals surface area contributed by atoms with Gasteiger partial charge < -0.3 is 14.2 Å². The number of hydrogen-bond acceptors (Lipinski definition) is 4. The van der Waals surface area contributed by atoms with E-state index >= 15 is 0 Å². The molecule has 0 fully saturated rings. The molecule has 0 saturated carbocycles. The highest BCUT2D eigenvalue weighted by Gasteiger charge is 2.27. The Bertz CT molecular complexity index is 485. The zero-order chi connectivity index (χ0) is 14.6. The molecule has 20 heavy (non-hydrogen) atoms. The zero-order valence-electron chi connectivity index (χ0n) is 10.5. The number of ether oxygens (including phenoxy) is 3. The lowest BCUT2D eigenvalue weighted by atomic mass is 10.1. The second-order valence-electron chi connectivity index (χ2n) is 4.24. The Kier molecular flexibility index (Phi) is 4.49.